The maximum absolute atomic E-state index is 8.44. The first kappa shape index (κ1) is 15.7. The molecule has 0 rings (SSSR count). The van der Waals surface area contributed by atoms with Gasteiger partial charge in [0.2, 0.25) is 0 Å². The summed E-state index contributed by atoms with van der Waals surface area (Å²) in [5, 5.41) is 0. The standard InChI is InChI=1S/K.Na.O2Se.2H/c;;1-3-2;;. The summed E-state index contributed by atoms with van der Waals surface area (Å²) in [6, 6.07) is 0. The van der Waals surface area contributed by atoms with Crippen molar-refractivity contribution in [3.63, 3.8) is 0 Å². The van der Waals surface area contributed by atoms with Gasteiger partial charge in [0.15, 0.2) is 0 Å². The molecule has 0 unspecified atom stereocenters. The van der Waals surface area contributed by atoms with Gasteiger partial charge in [0.05, 0.1) is 0 Å². The summed E-state index contributed by atoms with van der Waals surface area (Å²) in [5.74, 6) is 0. The molecule has 0 aliphatic rings. The van der Waals surface area contributed by atoms with Gasteiger partial charge in [-0.15, -0.1) is 0 Å². The topological polar surface area (TPSA) is 34.1 Å². The van der Waals surface area contributed by atoms with Crippen molar-refractivity contribution in [1.29, 1.82) is 0 Å². The molecule has 0 spiro atoms. The van der Waals surface area contributed by atoms with Crippen molar-refractivity contribution < 1.29 is 7.67 Å². The van der Waals surface area contributed by atoms with E-state index in [2.05, 4.69) is 0 Å². The second-order valence-corrected chi connectivity index (χ2v) is 0.354. The van der Waals surface area contributed by atoms with Crippen molar-refractivity contribution in [3.8, 4) is 0 Å². The first-order valence-corrected chi connectivity index (χ1v) is 1.73. The van der Waals surface area contributed by atoms with Gasteiger partial charge in [0.25, 0.3) is 0 Å². The summed E-state index contributed by atoms with van der Waals surface area (Å²) in [6.45, 7) is 0. The zero-order chi connectivity index (χ0) is 2.71. The van der Waals surface area contributed by atoms with Crippen LogP contribution in [0.1, 0.15) is 0 Å². The average Bonchev–Trinajstić information content (AvgIpc) is 0.918. The summed E-state index contributed by atoms with van der Waals surface area (Å²) >= 11 is -1.62. The molecule has 0 saturated heterocycles. The predicted molar refractivity (Wildman–Crippen MR) is 21.4 cm³/mol. The van der Waals surface area contributed by atoms with Crippen molar-refractivity contribution in [3.05, 3.63) is 0 Å². The third-order valence-electron chi connectivity index (χ3n) is 0. The minimum absolute atomic E-state index is 0. The molecule has 5 heteroatoms. The average molecular weight is 175 g/mol. The molecule has 0 amide bonds. The van der Waals surface area contributed by atoms with Crippen LogP contribution in [0.5, 0.6) is 0 Å². The maximum atomic E-state index is 8.44. The second-order valence-electron chi connectivity index (χ2n) is 0.0680. The van der Waals surface area contributed by atoms with Gasteiger partial charge < -0.3 is 0 Å². The molecule has 0 aromatic carbocycles. The van der Waals surface area contributed by atoms with Crippen LogP contribution < -0.4 is 0 Å². The van der Waals surface area contributed by atoms with Crippen LogP contribution >= 0.6 is 0 Å². The van der Waals surface area contributed by atoms with E-state index in [1.165, 1.54) is 0 Å². The van der Waals surface area contributed by atoms with Gasteiger partial charge in [-0.1, -0.05) is 0 Å². The van der Waals surface area contributed by atoms with Gasteiger partial charge in [-0.05, 0) is 0 Å². The van der Waals surface area contributed by atoms with E-state index in [0.29, 0.717) is 0 Å². The molecule has 0 saturated carbocycles. The van der Waals surface area contributed by atoms with Crippen LogP contribution in [0.25, 0.3) is 0 Å². The Hall–Kier alpha value is 2.76. The zero-order valence-corrected chi connectivity index (χ0v) is 2.94. The molecule has 22 valence electrons. The molecule has 0 aliphatic heterocycles. The third kappa shape index (κ3) is 20.1. The van der Waals surface area contributed by atoms with Crippen molar-refractivity contribution in [2.24, 2.45) is 0 Å². The van der Waals surface area contributed by atoms with Crippen LogP contribution in [0.2, 0.25) is 0 Å². The molecule has 5 heavy (non-hydrogen) atoms. The zero-order valence-electron chi connectivity index (χ0n) is 1.22. The van der Waals surface area contributed by atoms with Gasteiger partial charge in [-0.25, -0.2) is 0 Å². The van der Waals surface area contributed by atoms with Crippen molar-refractivity contribution in [2.45, 2.75) is 0 Å². The molecule has 0 aromatic rings. The van der Waals surface area contributed by atoms with E-state index in [1.807, 2.05) is 0 Å². The third-order valence-corrected chi connectivity index (χ3v) is 0. The van der Waals surface area contributed by atoms with Crippen molar-refractivity contribution in [1.82, 2.24) is 0 Å². The minimum atomic E-state index is -1.62. The van der Waals surface area contributed by atoms with E-state index >= 15 is 0 Å². The van der Waals surface area contributed by atoms with Crippen molar-refractivity contribution >= 4 is 95.8 Å². The Morgan fingerprint density at radius 3 is 1.20 bits per heavy atom. The SMILES string of the molecule is O=[Se]=O.[KH].[NaH]. The summed E-state index contributed by atoms with van der Waals surface area (Å²) in [5.41, 5.74) is 0. The fourth-order valence-corrected chi connectivity index (χ4v) is 0. The molecule has 0 atom stereocenters. The summed E-state index contributed by atoms with van der Waals surface area (Å²) in [7, 11) is 0. The fraction of sp³-hybridized carbons (Fsp3) is 0. The van der Waals surface area contributed by atoms with Gasteiger partial charge in [-0.3, -0.25) is 0 Å². The van der Waals surface area contributed by atoms with Crippen LogP contribution in [-0.2, 0) is 7.67 Å². The van der Waals surface area contributed by atoms with Crippen LogP contribution in [0.4, 0.5) is 0 Å². The molecular weight excluding hydrogens is 173 g/mol. The van der Waals surface area contributed by atoms with Gasteiger partial charge in [-0.2, -0.15) is 0 Å². The second kappa shape index (κ2) is 15.9. The molecule has 0 aliphatic carbocycles. The van der Waals surface area contributed by atoms with Crippen LogP contribution in [0.3, 0.4) is 0 Å². The summed E-state index contributed by atoms with van der Waals surface area (Å²) in [6.07, 6.45) is 0. The van der Waals surface area contributed by atoms with Crippen LogP contribution in [-0.4, -0.2) is 95.8 Å². The van der Waals surface area contributed by atoms with E-state index in [1.54, 1.807) is 0 Å². The summed E-state index contributed by atoms with van der Waals surface area (Å²) in [4.78, 5) is 0. The molecule has 0 N–H and O–H groups in total. The molecule has 0 bridgehead atoms. The van der Waals surface area contributed by atoms with E-state index in [4.69, 9.17) is 7.67 Å². The van der Waals surface area contributed by atoms with Gasteiger partial charge >= 0.3 is 103 Å². The molecule has 0 radical (unpaired) electrons. The summed E-state index contributed by atoms with van der Waals surface area (Å²) < 4.78 is 16.9. The predicted octanol–water partition coefficient (Wildman–Crippen LogP) is -1.92. The molecular formula is H2KNaO2Se. The first-order chi connectivity index (χ1) is 1.41. The van der Waals surface area contributed by atoms with Crippen LogP contribution in [0, 0.1) is 0 Å². The molecule has 0 aromatic heterocycles. The molecule has 0 heterocycles. The van der Waals surface area contributed by atoms with Crippen LogP contribution in [0.15, 0.2) is 0 Å². The molecule has 0 fully saturated rings. The normalized spacial score (nSPS) is 2.40. The van der Waals surface area contributed by atoms with Gasteiger partial charge in [0.1, 0.15) is 0 Å². The monoisotopic (exact) mass is 176 g/mol. The molecule has 2 nitrogen and oxygen atoms in total. The number of hydrogen-bond acceptors (Lipinski definition) is 2. The Balaban J connectivity index is -0.0000000200. The van der Waals surface area contributed by atoms with Gasteiger partial charge in [0, 0.05) is 0 Å². The first-order valence-electron chi connectivity index (χ1n) is 0.333. The number of rotatable bonds is 0. The Morgan fingerprint density at radius 2 is 1.20 bits per heavy atom. The van der Waals surface area contributed by atoms with E-state index in [9.17, 15) is 0 Å². The quantitative estimate of drug-likeness (QED) is 0.402. The van der Waals surface area contributed by atoms with E-state index in [-0.39, 0.29) is 80.9 Å². The Morgan fingerprint density at radius 1 is 1.20 bits per heavy atom. The fourth-order valence-electron chi connectivity index (χ4n) is 0. The number of hydrogen-bond donors (Lipinski definition) is 0. The Kier molecular flexibility index (Phi) is 49.7. The Labute approximate surface area is 101 Å². The van der Waals surface area contributed by atoms with Crippen molar-refractivity contribution in [2.75, 3.05) is 0 Å². The van der Waals surface area contributed by atoms with E-state index < -0.39 is 14.8 Å². The Bertz CT molecular complexity index is 30.6. The van der Waals surface area contributed by atoms with E-state index in [0.717, 1.165) is 0 Å².